The van der Waals surface area contributed by atoms with E-state index < -0.39 is 16.5 Å². The van der Waals surface area contributed by atoms with E-state index in [0.29, 0.717) is 4.47 Å². The quantitative estimate of drug-likeness (QED) is 0.477. The lowest BCUT2D eigenvalue weighted by Crippen LogP contribution is -2.24. The molecule has 6 heteroatoms. The van der Waals surface area contributed by atoms with Gasteiger partial charge in [-0.2, -0.15) is 0 Å². The van der Waals surface area contributed by atoms with E-state index in [-0.39, 0.29) is 11.3 Å². The molecule has 92 valence electrons. The van der Waals surface area contributed by atoms with Crippen molar-refractivity contribution in [1.29, 1.82) is 0 Å². The highest BCUT2D eigenvalue weighted by Crippen LogP contribution is 2.24. The fourth-order valence-corrected chi connectivity index (χ4v) is 1.64. The molecular weight excluding hydrogens is 290 g/mol. The van der Waals surface area contributed by atoms with E-state index in [0.717, 1.165) is 0 Å². The Balaban J connectivity index is 3.00. The van der Waals surface area contributed by atoms with Gasteiger partial charge in [0.15, 0.2) is 0 Å². The molecular formula is C11H12BrNO4. The van der Waals surface area contributed by atoms with Gasteiger partial charge in [-0.15, -0.1) is 0 Å². The smallest absolute Gasteiger partial charge is 0.339 e. The van der Waals surface area contributed by atoms with Crippen LogP contribution >= 0.6 is 15.9 Å². The van der Waals surface area contributed by atoms with Crippen molar-refractivity contribution in [3.8, 4) is 0 Å². The molecule has 1 aromatic rings. The molecule has 0 aliphatic heterocycles. The minimum Gasteiger partial charge on any atom is -0.456 e. The first-order valence-electron chi connectivity index (χ1n) is 4.88. The van der Waals surface area contributed by atoms with Crippen LogP contribution < -0.4 is 0 Å². The molecule has 0 aliphatic rings. The maximum absolute atomic E-state index is 11.7. The second-order valence-corrected chi connectivity index (χ2v) is 5.28. The van der Waals surface area contributed by atoms with Crippen molar-refractivity contribution in [2.24, 2.45) is 0 Å². The van der Waals surface area contributed by atoms with Crippen LogP contribution in [-0.4, -0.2) is 16.5 Å². The van der Waals surface area contributed by atoms with Crippen LogP contribution in [0, 0.1) is 10.1 Å². The molecule has 0 amide bonds. The maximum atomic E-state index is 11.7. The molecule has 17 heavy (non-hydrogen) atoms. The second-order valence-electron chi connectivity index (χ2n) is 4.42. The van der Waals surface area contributed by atoms with Gasteiger partial charge in [0.25, 0.3) is 5.69 Å². The van der Waals surface area contributed by atoms with Crippen LogP contribution in [-0.2, 0) is 4.74 Å². The zero-order valence-corrected chi connectivity index (χ0v) is 11.3. The fraction of sp³-hybridized carbons (Fsp3) is 0.364. The lowest BCUT2D eigenvalue weighted by molar-refractivity contribution is -0.384. The zero-order valence-electron chi connectivity index (χ0n) is 9.69. The van der Waals surface area contributed by atoms with Crippen LogP contribution in [0.2, 0.25) is 0 Å². The molecule has 1 aromatic carbocycles. The highest BCUT2D eigenvalue weighted by atomic mass is 79.9. The number of nitro groups is 1. The molecule has 0 aromatic heterocycles. The molecule has 0 radical (unpaired) electrons. The molecule has 5 nitrogen and oxygen atoms in total. The standard InChI is InChI=1S/C11H12BrNO4/c1-11(2,3)17-10(14)8-5-4-7(13(15)16)6-9(8)12/h4-6H,1-3H3. The molecule has 0 spiro atoms. The van der Waals surface area contributed by atoms with Crippen molar-refractivity contribution in [3.05, 3.63) is 38.3 Å². The van der Waals surface area contributed by atoms with Gasteiger partial charge < -0.3 is 4.74 Å². The van der Waals surface area contributed by atoms with Gasteiger partial charge in [0.2, 0.25) is 0 Å². The number of non-ortho nitro benzene ring substituents is 1. The first-order chi connectivity index (χ1) is 7.70. The SMILES string of the molecule is CC(C)(C)OC(=O)c1ccc([N+](=O)[O-])cc1Br. The second kappa shape index (κ2) is 4.83. The van der Waals surface area contributed by atoms with Gasteiger partial charge in [-0.1, -0.05) is 0 Å². The van der Waals surface area contributed by atoms with Gasteiger partial charge in [0.05, 0.1) is 10.5 Å². The molecule has 0 N–H and O–H groups in total. The fourth-order valence-electron chi connectivity index (χ4n) is 1.12. The minimum absolute atomic E-state index is 0.0795. The molecule has 0 atom stereocenters. The van der Waals surface area contributed by atoms with E-state index in [9.17, 15) is 14.9 Å². The third kappa shape index (κ3) is 3.81. The number of nitrogens with zero attached hydrogens (tertiary/aromatic N) is 1. The number of hydrogen-bond donors (Lipinski definition) is 0. The first kappa shape index (κ1) is 13.6. The number of nitro benzene ring substituents is 1. The topological polar surface area (TPSA) is 69.4 Å². The maximum Gasteiger partial charge on any atom is 0.339 e. The third-order valence-corrected chi connectivity index (χ3v) is 2.44. The number of carbonyl (C=O) groups excluding carboxylic acids is 1. The molecule has 1 rings (SSSR count). The summed E-state index contributed by atoms with van der Waals surface area (Å²) in [6.07, 6.45) is 0. The summed E-state index contributed by atoms with van der Waals surface area (Å²) in [4.78, 5) is 21.7. The van der Waals surface area contributed by atoms with Crippen molar-refractivity contribution in [1.82, 2.24) is 0 Å². The van der Waals surface area contributed by atoms with Crippen molar-refractivity contribution in [2.75, 3.05) is 0 Å². The van der Waals surface area contributed by atoms with Gasteiger partial charge >= 0.3 is 5.97 Å². The molecule has 0 saturated heterocycles. The summed E-state index contributed by atoms with van der Waals surface area (Å²) in [6, 6.07) is 3.92. The van der Waals surface area contributed by atoms with Crippen molar-refractivity contribution < 1.29 is 14.5 Å². The average Bonchev–Trinajstić information content (AvgIpc) is 2.14. The number of esters is 1. The minimum atomic E-state index is -0.599. The Morgan fingerprint density at radius 1 is 1.41 bits per heavy atom. The van der Waals surface area contributed by atoms with Crippen molar-refractivity contribution in [2.45, 2.75) is 26.4 Å². The monoisotopic (exact) mass is 301 g/mol. The molecule has 0 fully saturated rings. The Bertz CT molecular complexity index is 465. The molecule has 0 bridgehead atoms. The largest absolute Gasteiger partial charge is 0.456 e. The lowest BCUT2D eigenvalue weighted by Gasteiger charge is -2.19. The van der Waals surface area contributed by atoms with Crippen LogP contribution in [0.5, 0.6) is 0 Å². The van der Waals surface area contributed by atoms with Crippen molar-refractivity contribution >= 4 is 27.6 Å². The number of halogens is 1. The van der Waals surface area contributed by atoms with Crippen LogP contribution in [0.1, 0.15) is 31.1 Å². The van der Waals surface area contributed by atoms with Crippen LogP contribution in [0.4, 0.5) is 5.69 Å². The summed E-state index contributed by atoms with van der Waals surface area (Å²) in [5.74, 6) is -0.515. The first-order valence-corrected chi connectivity index (χ1v) is 5.67. The van der Waals surface area contributed by atoms with Gasteiger partial charge in [0, 0.05) is 16.6 Å². The molecule has 0 heterocycles. The van der Waals surface area contributed by atoms with Crippen LogP contribution in [0.15, 0.2) is 22.7 Å². The van der Waals surface area contributed by atoms with Crippen LogP contribution in [0.25, 0.3) is 0 Å². The Morgan fingerprint density at radius 2 is 2.00 bits per heavy atom. The normalized spacial score (nSPS) is 11.1. The summed E-state index contributed by atoms with van der Waals surface area (Å²) >= 11 is 3.12. The van der Waals surface area contributed by atoms with E-state index in [1.165, 1.54) is 18.2 Å². The van der Waals surface area contributed by atoms with E-state index in [1.54, 1.807) is 20.8 Å². The summed E-state index contributed by atoms with van der Waals surface area (Å²) in [5, 5.41) is 10.5. The Labute approximate surface area is 107 Å². The summed E-state index contributed by atoms with van der Waals surface area (Å²) in [7, 11) is 0. The Hall–Kier alpha value is -1.43. The molecule has 0 saturated carbocycles. The number of ether oxygens (including phenoxy) is 1. The van der Waals surface area contributed by atoms with Gasteiger partial charge in [-0.25, -0.2) is 4.79 Å². The Morgan fingerprint density at radius 3 is 2.41 bits per heavy atom. The molecule has 0 aliphatic carbocycles. The van der Waals surface area contributed by atoms with E-state index in [4.69, 9.17) is 4.74 Å². The number of carbonyl (C=O) groups is 1. The van der Waals surface area contributed by atoms with E-state index >= 15 is 0 Å². The molecule has 0 unspecified atom stereocenters. The Kier molecular flexibility index (Phi) is 3.87. The van der Waals surface area contributed by atoms with E-state index in [1.807, 2.05) is 0 Å². The predicted molar refractivity (Wildman–Crippen MR) is 66.0 cm³/mol. The van der Waals surface area contributed by atoms with Crippen LogP contribution in [0.3, 0.4) is 0 Å². The summed E-state index contributed by atoms with van der Waals surface area (Å²) in [6.45, 7) is 5.26. The average molecular weight is 302 g/mol. The highest BCUT2D eigenvalue weighted by Gasteiger charge is 2.21. The zero-order chi connectivity index (χ0) is 13.2. The summed E-state index contributed by atoms with van der Waals surface area (Å²) < 4.78 is 5.51. The lowest BCUT2D eigenvalue weighted by atomic mass is 10.1. The third-order valence-electron chi connectivity index (χ3n) is 1.78. The van der Waals surface area contributed by atoms with Gasteiger partial charge in [-0.3, -0.25) is 10.1 Å². The number of rotatable bonds is 2. The van der Waals surface area contributed by atoms with Gasteiger partial charge in [-0.05, 0) is 42.8 Å². The van der Waals surface area contributed by atoms with E-state index in [2.05, 4.69) is 15.9 Å². The van der Waals surface area contributed by atoms with Crippen molar-refractivity contribution in [3.63, 3.8) is 0 Å². The van der Waals surface area contributed by atoms with Gasteiger partial charge in [0.1, 0.15) is 5.60 Å². The highest BCUT2D eigenvalue weighted by molar-refractivity contribution is 9.10. The number of benzene rings is 1. The summed E-state index contributed by atoms with van der Waals surface area (Å²) in [5.41, 5.74) is -0.409. The predicted octanol–water partition coefficient (Wildman–Crippen LogP) is 3.31. The number of hydrogen-bond acceptors (Lipinski definition) is 4.